The number of ether oxygens (including phenoxy) is 1. The van der Waals surface area contributed by atoms with Gasteiger partial charge in [-0.3, -0.25) is 4.79 Å². The zero-order valence-corrected chi connectivity index (χ0v) is 14.0. The highest BCUT2D eigenvalue weighted by molar-refractivity contribution is 7.11. The second-order valence-electron chi connectivity index (χ2n) is 5.62. The van der Waals surface area contributed by atoms with Crippen molar-refractivity contribution < 1.29 is 9.53 Å². The van der Waals surface area contributed by atoms with E-state index in [0.29, 0.717) is 29.6 Å². The fourth-order valence-corrected chi connectivity index (χ4v) is 2.37. The van der Waals surface area contributed by atoms with Crippen LogP contribution in [0.15, 0.2) is 0 Å². The smallest absolute Gasteiger partial charge is 0.258 e. The highest BCUT2D eigenvalue weighted by Gasteiger charge is 2.19. The predicted molar refractivity (Wildman–Crippen MR) is 87.9 cm³/mol. The third kappa shape index (κ3) is 6.31. The second-order valence-corrected chi connectivity index (χ2v) is 6.40. The molecule has 1 aromatic rings. The number of amides is 1. The molecule has 7 heteroatoms. The van der Waals surface area contributed by atoms with E-state index in [-0.39, 0.29) is 17.8 Å². The van der Waals surface area contributed by atoms with E-state index in [9.17, 15) is 4.79 Å². The van der Waals surface area contributed by atoms with Gasteiger partial charge in [-0.05, 0) is 37.7 Å². The molecule has 0 radical (unpaired) electrons. The van der Waals surface area contributed by atoms with Crippen LogP contribution in [-0.2, 0) is 4.74 Å². The average Bonchev–Trinajstić information content (AvgIpc) is 2.73. The average molecular weight is 314 g/mol. The zero-order valence-electron chi connectivity index (χ0n) is 13.2. The van der Waals surface area contributed by atoms with E-state index in [1.807, 2.05) is 13.8 Å². The topological polar surface area (TPSA) is 89.3 Å². The Morgan fingerprint density at radius 3 is 2.67 bits per heavy atom. The molecule has 0 unspecified atom stereocenters. The van der Waals surface area contributed by atoms with Crippen LogP contribution < -0.4 is 16.4 Å². The van der Waals surface area contributed by atoms with Crippen LogP contribution in [0.1, 0.15) is 44.5 Å². The molecule has 1 heterocycles. The molecule has 1 rings (SSSR count). The number of rotatable bonds is 9. The lowest BCUT2D eigenvalue weighted by Crippen LogP contribution is -2.31. The minimum atomic E-state index is -0.195. The molecule has 0 bridgehead atoms. The Labute approximate surface area is 130 Å². The van der Waals surface area contributed by atoms with E-state index in [1.54, 1.807) is 0 Å². The maximum Gasteiger partial charge on any atom is 0.258 e. The molecule has 4 N–H and O–H groups in total. The highest BCUT2D eigenvalue weighted by Crippen LogP contribution is 2.26. The molecule has 0 saturated heterocycles. The van der Waals surface area contributed by atoms with Gasteiger partial charge < -0.3 is 21.1 Å². The monoisotopic (exact) mass is 314 g/mol. The van der Waals surface area contributed by atoms with Crippen LogP contribution in [0, 0.1) is 5.92 Å². The summed E-state index contributed by atoms with van der Waals surface area (Å²) in [5.74, 6) is 0.714. The number of aromatic nitrogens is 1. The van der Waals surface area contributed by atoms with Crippen molar-refractivity contribution in [2.45, 2.75) is 40.2 Å². The van der Waals surface area contributed by atoms with Crippen LogP contribution in [0.5, 0.6) is 0 Å². The summed E-state index contributed by atoms with van der Waals surface area (Å²) < 4.78 is 9.57. The lowest BCUT2D eigenvalue weighted by molar-refractivity contribution is 0.0945. The summed E-state index contributed by atoms with van der Waals surface area (Å²) in [5, 5.41) is 6.69. The van der Waals surface area contributed by atoms with Crippen molar-refractivity contribution in [3.05, 3.63) is 5.56 Å². The lowest BCUT2D eigenvalue weighted by Gasteiger charge is -2.11. The van der Waals surface area contributed by atoms with Crippen molar-refractivity contribution in [2.24, 2.45) is 5.92 Å². The summed E-state index contributed by atoms with van der Waals surface area (Å²) in [5.41, 5.74) is 6.20. The van der Waals surface area contributed by atoms with Crippen molar-refractivity contribution in [3.63, 3.8) is 0 Å². The van der Waals surface area contributed by atoms with Gasteiger partial charge in [0.05, 0.1) is 6.61 Å². The van der Waals surface area contributed by atoms with Gasteiger partial charge in [0.15, 0.2) is 5.82 Å². The summed E-state index contributed by atoms with van der Waals surface area (Å²) in [6, 6.07) is 0.0593. The Hall–Kier alpha value is -1.34. The maximum atomic E-state index is 12.1. The van der Waals surface area contributed by atoms with Crippen LogP contribution in [-0.4, -0.2) is 36.1 Å². The Morgan fingerprint density at radius 1 is 1.33 bits per heavy atom. The number of nitrogens with one attached hydrogen (secondary N) is 2. The fraction of sp³-hybridized carbons (Fsp3) is 0.714. The molecule has 120 valence electrons. The molecule has 0 aliphatic carbocycles. The maximum absolute atomic E-state index is 12.1. The predicted octanol–water partition coefficient (Wildman–Crippen LogP) is 2.34. The second kappa shape index (κ2) is 8.84. The Bertz CT molecular complexity index is 446. The van der Waals surface area contributed by atoms with Crippen molar-refractivity contribution in [1.29, 1.82) is 0 Å². The van der Waals surface area contributed by atoms with Gasteiger partial charge in [-0.2, -0.15) is 4.37 Å². The molecule has 21 heavy (non-hydrogen) atoms. The molecular formula is C14H26N4O2S. The number of carbonyl (C=O) groups excluding carboxylic acids is 1. The standard InChI is InChI=1S/C14H26N4O2S/c1-9(2)5-7-20-8-6-16-14-11(12(15)18-21-14)13(19)17-10(3)4/h9-10,16H,5-8H2,1-4H3,(H2,15,18)(H,17,19). The van der Waals surface area contributed by atoms with E-state index < -0.39 is 0 Å². The lowest BCUT2D eigenvalue weighted by atomic mass is 10.1. The molecule has 0 aliphatic rings. The molecule has 1 amide bonds. The van der Waals surface area contributed by atoms with E-state index in [4.69, 9.17) is 10.5 Å². The van der Waals surface area contributed by atoms with Gasteiger partial charge in [-0.15, -0.1) is 0 Å². The molecule has 0 fully saturated rings. The third-order valence-corrected chi connectivity index (χ3v) is 3.56. The molecule has 0 aromatic carbocycles. The van der Waals surface area contributed by atoms with E-state index in [0.717, 1.165) is 13.0 Å². The summed E-state index contributed by atoms with van der Waals surface area (Å²) in [7, 11) is 0. The van der Waals surface area contributed by atoms with Crippen molar-refractivity contribution in [2.75, 3.05) is 30.8 Å². The number of hydrogen-bond acceptors (Lipinski definition) is 6. The van der Waals surface area contributed by atoms with Crippen LogP contribution in [0.2, 0.25) is 0 Å². The summed E-state index contributed by atoms with van der Waals surface area (Å²) >= 11 is 1.20. The minimum absolute atomic E-state index is 0.0593. The van der Waals surface area contributed by atoms with Crippen molar-refractivity contribution in [3.8, 4) is 0 Å². The number of carbonyl (C=O) groups is 1. The molecule has 0 aliphatic heterocycles. The van der Waals surface area contributed by atoms with E-state index in [2.05, 4.69) is 28.9 Å². The third-order valence-electron chi connectivity index (χ3n) is 2.74. The Balaban J connectivity index is 2.43. The SMILES string of the molecule is CC(C)CCOCCNc1snc(N)c1C(=O)NC(C)C. The first-order valence-electron chi connectivity index (χ1n) is 7.29. The van der Waals surface area contributed by atoms with Crippen molar-refractivity contribution in [1.82, 2.24) is 9.69 Å². The summed E-state index contributed by atoms with van der Waals surface area (Å²) in [6.07, 6.45) is 1.05. The number of nitrogens with two attached hydrogens (primary N) is 1. The van der Waals surface area contributed by atoms with Gasteiger partial charge in [0, 0.05) is 19.2 Å². The first kappa shape index (κ1) is 17.7. The zero-order chi connectivity index (χ0) is 15.8. The van der Waals surface area contributed by atoms with Gasteiger partial charge in [-0.25, -0.2) is 0 Å². The van der Waals surface area contributed by atoms with Gasteiger partial charge >= 0.3 is 0 Å². The number of nitrogen functional groups attached to an aromatic ring is 1. The van der Waals surface area contributed by atoms with Crippen LogP contribution >= 0.6 is 11.5 Å². The Kier molecular flexibility index (Phi) is 7.45. The van der Waals surface area contributed by atoms with Crippen LogP contribution in [0.4, 0.5) is 10.8 Å². The van der Waals surface area contributed by atoms with E-state index >= 15 is 0 Å². The minimum Gasteiger partial charge on any atom is -0.382 e. The van der Waals surface area contributed by atoms with Gasteiger partial charge in [0.25, 0.3) is 5.91 Å². The van der Waals surface area contributed by atoms with Crippen LogP contribution in [0.25, 0.3) is 0 Å². The van der Waals surface area contributed by atoms with Crippen LogP contribution in [0.3, 0.4) is 0 Å². The number of anilines is 2. The first-order valence-corrected chi connectivity index (χ1v) is 8.06. The quantitative estimate of drug-likeness (QED) is 0.609. The fourth-order valence-electron chi connectivity index (χ4n) is 1.63. The normalized spacial score (nSPS) is 11.1. The van der Waals surface area contributed by atoms with Gasteiger partial charge in [-0.1, -0.05) is 13.8 Å². The first-order chi connectivity index (χ1) is 9.91. The summed E-state index contributed by atoms with van der Waals surface area (Å²) in [6.45, 7) is 10.1. The molecule has 1 aromatic heterocycles. The molecule has 0 atom stereocenters. The molecule has 0 saturated carbocycles. The van der Waals surface area contributed by atoms with Crippen molar-refractivity contribution >= 4 is 28.3 Å². The van der Waals surface area contributed by atoms with Gasteiger partial charge in [0.2, 0.25) is 0 Å². The Morgan fingerprint density at radius 2 is 2.05 bits per heavy atom. The van der Waals surface area contributed by atoms with E-state index in [1.165, 1.54) is 11.5 Å². The molecule has 6 nitrogen and oxygen atoms in total. The number of nitrogens with zero attached hydrogens (tertiary/aromatic N) is 1. The summed E-state index contributed by atoms with van der Waals surface area (Å²) in [4.78, 5) is 12.1. The molecular weight excluding hydrogens is 288 g/mol. The largest absolute Gasteiger partial charge is 0.382 e. The number of hydrogen-bond donors (Lipinski definition) is 3. The van der Waals surface area contributed by atoms with Gasteiger partial charge in [0.1, 0.15) is 10.6 Å². The molecule has 0 spiro atoms. The highest BCUT2D eigenvalue weighted by atomic mass is 32.1.